The fourth-order valence-electron chi connectivity index (χ4n) is 2.47. The summed E-state index contributed by atoms with van der Waals surface area (Å²) >= 11 is 1.51. The summed E-state index contributed by atoms with van der Waals surface area (Å²) in [5.74, 6) is 0.981. The summed E-state index contributed by atoms with van der Waals surface area (Å²) in [5, 5.41) is 2.08. The highest BCUT2D eigenvalue weighted by molar-refractivity contribution is 7.11. The standard InChI is InChI=1S/C18H24O2S/c1-3-4-5-6-11-20-16-7-9-18(2,10-8-16)15-12-17(13-19)21-14-15/h7-9,12-14H,3-6,10-11H2,1-2H3. The van der Waals surface area contributed by atoms with Crippen LogP contribution >= 0.6 is 11.3 Å². The maximum Gasteiger partial charge on any atom is 0.160 e. The number of carbonyl (C=O) groups excluding carboxylic acids is 1. The summed E-state index contributed by atoms with van der Waals surface area (Å²) in [4.78, 5) is 11.6. The van der Waals surface area contributed by atoms with Gasteiger partial charge in [-0.2, -0.15) is 0 Å². The molecule has 0 fully saturated rings. The average Bonchev–Trinajstić information content (AvgIpc) is 2.99. The topological polar surface area (TPSA) is 26.3 Å². The van der Waals surface area contributed by atoms with Gasteiger partial charge in [-0.25, -0.2) is 0 Å². The monoisotopic (exact) mass is 304 g/mol. The number of hydrogen-bond acceptors (Lipinski definition) is 3. The van der Waals surface area contributed by atoms with Crippen molar-refractivity contribution in [1.29, 1.82) is 0 Å². The van der Waals surface area contributed by atoms with Crippen LogP contribution in [0.3, 0.4) is 0 Å². The Kier molecular flexibility index (Phi) is 5.80. The predicted octanol–water partition coefficient (Wildman–Crippen LogP) is 5.26. The molecule has 1 aromatic heterocycles. The number of ether oxygens (including phenoxy) is 1. The van der Waals surface area contributed by atoms with Gasteiger partial charge in [-0.3, -0.25) is 4.79 Å². The maximum absolute atomic E-state index is 10.8. The molecule has 1 unspecified atom stereocenters. The second kappa shape index (κ2) is 7.60. The molecule has 1 aliphatic rings. The van der Waals surface area contributed by atoms with Crippen molar-refractivity contribution in [3.8, 4) is 0 Å². The predicted molar refractivity (Wildman–Crippen MR) is 89.0 cm³/mol. The molecule has 1 aliphatic carbocycles. The van der Waals surface area contributed by atoms with Crippen LogP contribution in [0.15, 0.2) is 35.4 Å². The van der Waals surface area contributed by atoms with Crippen LogP contribution in [0.4, 0.5) is 0 Å². The smallest absolute Gasteiger partial charge is 0.160 e. The van der Waals surface area contributed by atoms with E-state index in [1.165, 1.54) is 36.2 Å². The highest BCUT2D eigenvalue weighted by Gasteiger charge is 2.26. The number of hydrogen-bond donors (Lipinski definition) is 0. The first-order chi connectivity index (χ1) is 10.2. The molecule has 0 N–H and O–H groups in total. The van der Waals surface area contributed by atoms with E-state index in [1.54, 1.807) is 0 Å². The molecule has 0 aromatic carbocycles. The van der Waals surface area contributed by atoms with Gasteiger partial charge in [0.05, 0.1) is 11.5 Å². The van der Waals surface area contributed by atoms with Crippen LogP contribution in [0.5, 0.6) is 0 Å². The van der Waals surface area contributed by atoms with Gasteiger partial charge in [0.2, 0.25) is 0 Å². The average molecular weight is 304 g/mol. The van der Waals surface area contributed by atoms with Gasteiger partial charge in [-0.15, -0.1) is 11.3 Å². The normalized spacial score (nSPS) is 21.1. The van der Waals surface area contributed by atoms with Crippen LogP contribution in [-0.2, 0) is 10.2 Å². The summed E-state index contributed by atoms with van der Waals surface area (Å²) < 4.78 is 5.81. The van der Waals surface area contributed by atoms with Crippen molar-refractivity contribution in [2.24, 2.45) is 0 Å². The van der Waals surface area contributed by atoms with Gasteiger partial charge in [0.1, 0.15) is 5.76 Å². The third-order valence-electron chi connectivity index (χ3n) is 4.00. The first-order valence-corrected chi connectivity index (χ1v) is 8.62. The van der Waals surface area contributed by atoms with Gasteiger partial charge in [0, 0.05) is 5.41 Å². The highest BCUT2D eigenvalue weighted by atomic mass is 32.1. The molecule has 0 saturated heterocycles. The van der Waals surface area contributed by atoms with E-state index in [4.69, 9.17) is 4.74 Å². The summed E-state index contributed by atoms with van der Waals surface area (Å²) in [6.45, 7) is 5.23. The van der Waals surface area contributed by atoms with E-state index >= 15 is 0 Å². The van der Waals surface area contributed by atoms with Crippen molar-refractivity contribution in [3.63, 3.8) is 0 Å². The van der Waals surface area contributed by atoms with E-state index in [9.17, 15) is 4.79 Å². The molecule has 0 spiro atoms. The molecule has 3 heteroatoms. The van der Waals surface area contributed by atoms with Gasteiger partial charge in [0.25, 0.3) is 0 Å². The minimum absolute atomic E-state index is 0.0210. The first kappa shape index (κ1) is 16.0. The summed E-state index contributed by atoms with van der Waals surface area (Å²) in [6.07, 6.45) is 13.2. The number of thiophene rings is 1. The first-order valence-electron chi connectivity index (χ1n) is 7.74. The third kappa shape index (κ3) is 4.31. The lowest BCUT2D eigenvalue weighted by atomic mass is 9.78. The molecular formula is C18H24O2S. The van der Waals surface area contributed by atoms with E-state index in [2.05, 4.69) is 37.5 Å². The molecule has 1 heterocycles. The second-order valence-corrected chi connectivity index (χ2v) is 6.77. The number of allylic oxidation sites excluding steroid dienone is 3. The zero-order chi connectivity index (χ0) is 15.1. The van der Waals surface area contributed by atoms with Crippen LogP contribution in [0.1, 0.15) is 61.2 Å². The van der Waals surface area contributed by atoms with Crippen LogP contribution in [0.2, 0.25) is 0 Å². The van der Waals surface area contributed by atoms with Crippen LogP contribution in [-0.4, -0.2) is 12.9 Å². The Labute approximate surface area is 131 Å². The lowest BCUT2D eigenvalue weighted by Crippen LogP contribution is -2.20. The molecule has 1 atom stereocenters. The molecule has 2 nitrogen and oxygen atoms in total. The molecule has 21 heavy (non-hydrogen) atoms. The SMILES string of the molecule is CCCCCCOC1=CCC(C)(c2csc(C=O)c2)C=C1. The van der Waals surface area contributed by atoms with Crippen molar-refractivity contribution in [1.82, 2.24) is 0 Å². The molecule has 1 aromatic rings. The van der Waals surface area contributed by atoms with Crippen molar-refractivity contribution >= 4 is 17.6 Å². The van der Waals surface area contributed by atoms with E-state index < -0.39 is 0 Å². The Hall–Kier alpha value is -1.35. The van der Waals surface area contributed by atoms with Crippen LogP contribution in [0, 0.1) is 0 Å². The van der Waals surface area contributed by atoms with Crippen molar-refractivity contribution < 1.29 is 9.53 Å². The van der Waals surface area contributed by atoms with Crippen molar-refractivity contribution in [2.75, 3.05) is 6.61 Å². The maximum atomic E-state index is 10.8. The Morgan fingerprint density at radius 1 is 1.38 bits per heavy atom. The lowest BCUT2D eigenvalue weighted by molar-refractivity contribution is 0.112. The molecule has 0 radical (unpaired) electrons. The fourth-order valence-corrected chi connectivity index (χ4v) is 3.32. The van der Waals surface area contributed by atoms with Crippen LogP contribution in [0.25, 0.3) is 0 Å². The van der Waals surface area contributed by atoms with Gasteiger partial charge in [-0.1, -0.05) is 39.2 Å². The summed E-state index contributed by atoms with van der Waals surface area (Å²) in [6, 6.07) is 1.99. The molecule has 114 valence electrons. The molecule has 2 rings (SSSR count). The van der Waals surface area contributed by atoms with Gasteiger partial charge < -0.3 is 4.74 Å². The molecule has 0 amide bonds. The molecular weight excluding hydrogens is 280 g/mol. The van der Waals surface area contributed by atoms with Crippen molar-refractivity contribution in [3.05, 3.63) is 45.9 Å². The zero-order valence-corrected chi connectivity index (χ0v) is 13.7. The Bertz CT molecular complexity index is 527. The number of unbranched alkanes of at least 4 members (excludes halogenated alkanes) is 3. The lowest BCUT2D eigenvalue weighted by Gasteiger charge is -2.27. The quantitative estimate of drug-likeness (QED) is 0.484. The Morgan fingerprint density at radius 3 is 2.86 bits per heavy atom. The third-order valence-corrected chi connectivity index (χ3v) is 4.86. The number of aldehydes is 1. The van der Waals surface area contributed by atoms with Gasteiger partial charge in [-0.05, 0) is 42.0 Å². The Balaban J connectivity index is 1.86. The second-order valence-electron chi connectivity index (χ2n) is 5.83. The van der Waals surface area contributed by atoms with Crippen LogP contribution < -0.4 is 0 Å². The fraction of sp³-hybridized carbons (Fsp3) is 0.500. The number of rotatable bonds is 8. The van der Waals surface area contributed by atoms with E-state index in [-0.39, 0.29) is 5.41 Å². The minimum atomic E-state index is -0.0210. The highest BCUT2D eigenvalue weighted by Crippen LogP contribution is 2.36. The zero-order valence-electron chi connectivity index (χ0n) is 12.9. The van der Waals surface area contributed by atoms with Gasteiger partial charge in [0.15, 0.2) is 6.29 Å². The molecule has 0 saturated carbocycles. The summed E-state index contributed by atoms with van der Waals surface area (Å²) in [5.41, 5.74) is 1.19. The minimum Gasteiger partial charge on any atom is -0.494 e. The molecule has 0 bridgehead atoms. The largest absolute Gasteiger partial charge is 0.494 e. The number of carbonyl (C=O) groups is 1. The summed E-state index contributed by atoms with van der Waals surface area (Å²) in [7, 11) is 0. The van der Waals surface area contributed by atoms with Crippen molar-refractivity contribution in [2.45, 2.75) is 51.4 Å². The Morgan fingerprint density at radius 2 is 2.24 bits per heavy atom. The molecule has 0 aliphatic heterocycles. The van der Waals surface area contributed by atoms with E-state index in [0.717, 1.165) is 36.4 Å². The van der Waals surface area contributed by atoms with E-state index in [0.29, 0.717) is 0 Å². The van der Waals surface area contributed by atoms with Gasteiger partial charge >= 0.3 is 0 Å². The van der Waals surface area contributed by atoms with E-state index in [1.807, 2.05) is 6.07 Å².